The molecule has 0 saturated heterocycles. The van der Waals surface area contributed by atoms with Crippen molar-refractivity contribution in [3.8, 4) is 6.07 Å². The van der Waals surface area contributed by atoms with Gasteiger partial charge in [0.25, 0.3) is 0 Å². The fourth-order valence-electron chi connectivity index (χ4n) is 3.91. The number of nitriles is 1. The van der Waals surface area contributed by atoms with Crippen LogP contribution in [0.4, 0.5) is 0 Å². The average molecular weight is 367 g/mol. The van der Waals surface area contributed by atoms with Gasteiger partial charge in [0, 0.05) is 10.0 Å². The van der Waals surface area contributed by atoms with Crippen LogP contribution in [0.1, 0.15) is 58.1 Å². The number of nitrogens with one attached hydrogen (secondary N) is 1. The minimum atomic E-state index is -0.631. The SMILES string of the molecule is CC(NC(=O)C(C#N)C1(C(C)C)CCCC1)c1ccc(Cl)cc1Cl. The van der Waals surface area contributed by atoms with E-state index in [1.54, 1.807) is 12.1 Å². The molecule has 0 heterocycles. The van der Waals surface area contributed by atoms with E-state index in [2.05, 4.69) is 25.2 Å². The van der Waals surface area contributed by atoms with Gasteiger partial charge >= 0.3 is 0 Å². The van der Waals surface area contributed by atoms with Crippen LogP contribution in [0.5, 0.6) is 0 Å². The fourth-order valence-corrected chi connectivity index (χ4v) is 4.48. The lowest BCUT2D eigenvalue weighted by Crippen LogP contribution is -2.43. The van der Waals surface area contributed by atoms with Crippen LogP contribution < -0.4 is 5.32 Å². The van der Waals surface area contributed by atoms with Crippen molar-refractivity contribution in [1.82, 2.24) is 5.32 Å². The maximum atomic E-state index is 12.8. The number of halogens is 2. The van der Waals surface area contributed by atoms with Gasteiger partial charge in [-0.05, 0) is 48.8 Å². The zero-order valence-electron chi connectivity index (χ0n) is 14.4. The third-order valence-corrected chi connectivity index (χ3v) is 6.00. The van der Waals surface area contributed by atoms with Gasteiger partial charge in [0.2, 0.25) is 5.91 Å². The first-order chi connectivity index (χ1) is 11.3. The summed E-state index contributed by atoms with van der Waals surface area (Å²) in [5, 5.41) is 13.7. The molecule has 2 unspecified atom stereocenters. The summed E-state index contributed by atoms with van der Waals surface area (Å²) in [7, 11) is 0. The second-order valence-corrected chi connectivity index (χ2v) is 7.90. The van der Waals surface area contributed by atoms with E-state index < -0.39 is 5.92 Å². The zero-order valence-corrected chi connectivity index (χ0v) is 15.9. The molecular weight excluding hydrogens is 343 g/mol. The highest BCUT2D eigenvalue weighted by Crippen LogP contribution is 2.50. The van der Waals surface area contributed by atoms with Crippen molar-refractivity contribution < 1.29 is 4.79 Å². The Kier molecular flexibility index (Phi) is 6.17. The molecular formula is C19H24Cl2N2O. The Hall–Kier alpha value is -1.24. The highest BCUT2D eigenvalue weighted by Gasteiger charge is 2.47. The van der Waals surface area contributed by atoms with Gasteiger partial charge in [-0.25, -0.2) is 0 Å². The van der Waals surface area contributed by atoms with E-state index in [-0.39, 0.29) is 17.4 Å². The summed E-state index contributed by atoms with van der Waals surface area (Å²) in [5.74, 6) is -0.537. The summed E-state index contributed by atoms with van der Waals surface area (Å²) >= 11 is 12.2. The number of hydrogen-bond acceptors (Lipinski definition) is 2. The minimum absolute atomic E-state index is 0.202. The number of hydrogen-bond donors (Lipinski definition) is 1. The molecule has 1 N–H and O–H groups in total. The van der Waals surface area contributed by atoms with Crippen LogP contribution in [0.15, 0.2) is 18.2 Å². The zero-order chi connectivity index (χ0) is 17.9. The quantitative estimate of drug-likeness (QED) is 0.744. The van der Waals surface area contributed by atoms with Gasteiger partial charge in [-0.15, -0.1) is 0 Å². The number of carbonyl (C=O) groups is 1. The van der Waals surface area contributed by atoms with Crippen molar-refractivity contribution in [2.24, 2.45) is 17.3 Å². The maximum Gasteiger partial charge on any atom is 0.238 e. The predicted molar refractivity (Wildman–Crippen MR) is 97.9 cm³/mol. The molecule has 5 heteroatoms. The highest BCUT2D eigenvalue weighted by molar-refractivity contribution is 6.35. The van der Waals surface area contributed by atoms with Crippen LogP contribution in [-0.4, -0.2) is 5.91 Å². The Morgan fingerprint density at radius 1 is 1.25 bits per heavy atom. The van der Waals surface area contributed by atoms with E-state index in [0.717, 1.165) is 31.2 Å². The Balaban J connectivity index is 2.19. The molecule has 1 aliphatic carbocycles. The van der Waals surface area contributed by atoms with Crippen LogP contribution in [0.25, 0.3) is 0 Å². The summed E-state index contributed by atoms with van der Waals surface area (Å²) in [6.07, 6.45) is 4.04. The second kappa shape index (κ2) is 7.76. The summed E-state index contributed by atoms with van der Waals surface area (Å²) < 4.78 is 0. The Morgan fingerprint density at radius 3 is 2.38 bits per heavy atom. The molecule has 1 fully saturated rings. The Labute approximate surface area is 154 Å². The van der Waals surface area contributed by atoms with Crippen LogP contribution in [-0.2, 0) is 4.79 Å². The first-order valence-corrected chi connectivity index (χ1v) is 9.22. The van der Waals surface area contributed by atoms with E-state index in [0.29, 0.717) is 16.0 Å². The van der Waals surface area contributed by atoms with Gasteiger partial charge < -0.3 is 5.32 Å². The van der Waals surface area contributed by atoms with Gasteiger partial charge in [0.15, 0.2) is 0 Å². The van der Waals surface area contributed by atoms with Crippen LogP contribution in [0.3, 0.4) is 0 Å². The molecule has 3 nitrogen and oxygen atoms in total. The van der Waals surface area contributed by atoms with E-state index in [4.69, 9.17) is 23.2 Å². The molecule has 0 aliphatic heterocycles. The molecule has 1 saturated carbocycles. The molecule has 0 aromatic heterocycles. The molecule has 1 aromatic rings. The predicted octanol–water partition coefficient (Wildman–Crippen LogP) is 5.53. The van der Waals surface area contributed by atoms with Crippen molar-refractivity contribution in [3.05, 3.63) is 33.8 Å². The second-order valence-electron chi connectivity index (χ2n) is 7.05. The average Bonchev–Trinajstić information content (AvgIpc) is 2.98. The molecule has 130 valence electrons. The van der Waals surface area contributed by atoms with Crippen molar-refractivity contribution >= 4 is 29.1 Å². The van der Waals surface area contributed by atoms with Gasteiger partial charge in [-0.3, -0.25) is 4.79 Å². The number of nitrogens with zero attached hydrogens (tertiary/aromatic N) is 1. The third kappa shape index (κ3) is 3.71. The minimum Gasteiger partial charge on any atom is -0.348 e. The lowest BCUT2D eigenvalue weighted by Gasteiger charge is -2.37. The first kappa shape index (κ1) is 19.1. The molecule has 0 bridgehead atoms. The summed E-state index contributed by atoms with van der Waals surface area (Å²) in [6, 6.07) is 7.23. The molecule has 1 amide bonds. The lowest BCUT2D eigenvalue weighted by molar-refractivity contribution is -0.128. The number of carbonyl (C=O) groups excluding carboxylic acids is 1. The summed E-state index contributed by atoms with van der Waals surface area (Å²) in [5.41, 5.74) is 0.582. The number of rotatable bonds is 5. The van der Waals surface area contributed by atoms with E-state index >= 15 is 0 Å². The molecule has 24 heavy (non-hydrogen) atoms. The van der Waals surface area contributed by atoms with E-state index in [1.807, 2.05) is 13.0 Å². The van der Waals surface area contributed by atoms with Gasteiger partial charge in [0.05, 0.1) is 12.1 Å². The fraction of sp³-hybridized carbons (Fsp3) is 0.579. The largest absolute Gasteiger partial charge is 0.348 e. The maximum absolute atomic E-state index is 12.8. The number of amides is 1. The molecule has 2 atom stereocenters. The topological polar surface area (TPSA) is 52.9 Å². The summed E-state index contributed by atoms with van der Waals surface area (Å²) in [6.45, 7) is 6.10. The Morgan fingerprint density at radius 2 is 1.88 bits per heavy atom. The van der Waals surface area contributed by atoms with Crippen LogP contribution >= 0.6 is 23.2 Å². The van der Waals surface area contributed by atoms with E-state index in [1.165, 1.54) is 0 Å². The Bertz CT molecular complexity index is 645. The smallest absolute Gasteiger partial charge is 0.238 e. The number of benzene rings is 1. The normalized spacial score (nSPS) is 18.9. The van der Waals surface area contributed by atoms with Crippen molar-refractivity contribution in [2.75, 3.05) is 0 Å². The molecule has 1 aromatic carbocycles. The van der Waals surface area contributed by atoms with Crippen molar-refractivity contribution in [3.63, 3.8) is 0 Å². The van der Waals surface area contributed by atoms with Gasteiger partial charge in [-0.1, -0.05) is 56.0 Å². The molecule has 0 radical (unpaired) electrons. The first-order valence-electron chi connectivity index (χ1n) is 8.46. The summed E-state index contributed by atoms with van der Waals surface area (Å²) in [4.78, 5) is 12.8. The molecule has 0 spiro atoms. The molecule has 2 rings (SSSR count). The monoisotopic (exact) mass is 366 g/mol. The lowest BCUT2D eigenvalue weighted by atomic mass is 9.66. The van der Waals surface area contributed by atoms with Crippen molar-refractivity contribution in [2.45, 2.75) is 52.5 Å². The van der Waals surface area contributed by atoms with Crippen LogP contribution in [0.2, 0.25) is 10.0 Å². The third-order valence-electron chi connectivity index (χ3n) is 5.44. The van der Waals surface area contributed by atoms with Crippen molar-refractivity contribution in [1.29, 1.82) is 5.26 Å². The van der Waals surface area contributed by atoms with Gasteiger partial charge in [-0.2, -0.15) is 5.26 Å². The highest BCUT2D eigenvalue weighted by atomic mass is 35.5. The standard InChI is InChI=1S/C19H24Cl2N2O/c1-12(2)19(8-4-5-9-19)16(11-22)18(24)23-13(3)15-7-6-14(20)10-17(15)21/h6-7,10,12-13,16H,4-5,8-9H2,1-3H3,(H,23,24). The van der Waals surface area contributed by atoms with Crippen LogP contribution in [0, 0.1) is 28.6 Å². The molecule has 1 aliphatic rings. The van der Waals surface area contributed by atoms with Gasteiger partial charge in [0.1, 0.15) is 5.92 Å². The van der Waals surface area contributed by atoms with E-state index in [9.17, 15) is 10.1 Å².